The molecule has 1 aromatic heterocycles. The molecule has 1 aliphatic rings. The van der Waals surface area contributed by atoms with Crippen LogP contribution in [0, 0.1) is 0 Å². The molecular formula is C34H27BrN2O6S. The maximum atomic E-state index is 14.4. The Labute approximate surface area is 264 Å². The Hall–Kier alpha value is -4.67. The van der Waals surface area contributed by atoms with E-state index >= 15 is 0 Å². The number of carbonyl (C=O) groups excluding carboxylic acids is 1. The van der Waals surface area contributed by atoms with Crippen molar-refractivity contribution in [1.82, 2.24) is 4.57 Å². The fourth-order valence-corrected chi connectivity index (χ4v) is 6.86. The van der Waals surface area contributed by atoms with Gasteiger partial charge in [0.15, 0.2) is 16.3 Å². The zero-order valence-electron chi connectivity index (χ0n) is 24.0. The fourth-order valence-electron chi connectivity index (χ4n) is 5.42. The van der Waals surface area contributed by atoms with Crippen molar-refractivity contribution in [1.29, 1.82) is 0 Å². The summed E-state index contributed by atoms with van der Waals surface area (Å²) in [6.45, 7) is 1.89. The Morgan fingerprint density at radius 2 is 1.75 bits per heavy atom. The van der Waals surface area contributed by atoms with Crippen molar-refractivity contribution in [3.05, 3.63) is 125 Å². The number of phenolic OH excluding ortho intramolecular Hbond substituents is 1. The van der Waals surface area contributed by atoms with Gasteiger partial charge in [-0.15, -0.1) is 0 Å². The van der Waals surface area contributed by atoms with Crippen molar-refractivity contribution in [2.75, 3.05) is 20.8 Å². The largest absolute Gasteiger partial charge is 0.504 e. The van der Waals surface area contributed by atoms with Crippen molar-refractivity contribution in [3.63, 3.8) is 0 Å². The predicted octanol–water partition coefficient (Wildman–Crippen LogP) is 5.57. The van der Waals surface area contributed by atoms with E-state index in [9.17, 15) is 14.7 Å². The first kappa shape index (κ1) is 29.4. The molecule has 0 radical (unpaired) electrons. The number of hydrogen-bond acceptors (Lipinski definition) is 8. The molecule has 5 aromatic rings. The molecule has 10 heteroatoms. The van der Waals surface area contributed by atoms with Gasteiger partial charge < -0.3 is 19.3 Å². The number of benzene rings is 4. The first-order valence-electron chi connectivity index (χ1n) is 13.8. The summed E-state index contributed by atoms with van der Waals surface area (Å²) in [5.74, 6) is 0.176. The lowest BCUT2D eigenvalue weighted by atomic mass is 9.89. The highest BCUT2D eigenvalue weighted by molar-refractivity contribution is 9.10. The van der Waals surface area contributed by atoms with Gasteiger partial charge in [0.05, 0.1) is 36.6 Å². The first-order valence-corrected chi connectivity index (χ1v) is 15.4. The summed E-state index contributed by atoms with van der Waals surface area (Å²) >= 11 is 4.69. The number of hydrogen-bond donors (Lipinski definition) is 1. The Morgan fingerprint density at radius 1 is 1.02 bits per heavy atom. The Morgan fingerprint density at radius 3 is 2.48 bits per heavy atom. The molecule has 0 fully saturated rings. The molecule has 1 N–H and O–H groups in total. The number of esters is 1. The number of phenols is 1. The van der Waals surface area contributed by atoms with Crippen LogP contribution in [0.3, 0.4) is 0 Å². The van der Waals surface area contributed by atoms with E-state index in [-0.39, 0.29) is 29.2 Å². The van der Waals surface area contributed by atoms with Crippen molar-refractivity contribution in [2.24, 2.45) is 4.99 Å². The molecule has 1 aliphatic heterocycles. The molecule has 6 rings (SSSR count). The van der Waals surface area contributed by atoms with Crippen LogP contribution >= 0.6 is 27.3 Å². The van der Waals surface area contributed by atoms with Gasteiger partial charge in [-0.1, -0.05) is 87.9 Å². The lowest BCUT2D eigenvalue weighted by molar-refractivity contribution is -0.138. The Kier molecular flexibility index (Phi) is 8.11. The maximum Gasteiger partial charge on any atom is 0.338 e. The van der Waals surface area contributed by atoms with E-state index < -0.39 is 12.0 Å². The molecule has 4 aromatic carbocycles. The first-order chi connectivity index (χ1) is 21.4. The molecule has 8 nitrogen and oxygen atoms in total. The van der Waals surface area contributed by atoms with Crippen LogP contribution < -0.4 is 24.4 Å². The summed E-state index contributed by atoms with van der Waals surface area (Å²) in [6.07, 6.45) is 1.71. The molecule has 222 valence electrons. The third-order valence-electron chi connectivity index (χ3n) is 7.38. The second-order valence-electron chi connectivity index (χ2n) is 9.88. The molecule has 1 unspecified atom stereocenters. The molecule has 0 aliphatic carbocycles. The number of rotatable bonds is 7. The van der Waals surface area contributed by atoms with E-state index in [4.69, 9.17) is 19.2 Å². The molecule has 0 saturated heterocycles. The minimum absolute atomic E-state index is 0.0346. The lowest BCUT2D eigenvalue weighted by Crippen LogP contribution is -2.40. The summed E-state index contributed by atoms with van der Waals surface area (Å²) in [6, 6.07) is 23.2. The van der Waals surface area contributed by atoms with E-state index in [1.807, 2.05) is 66.7 Å². The van der Waals surface area contributed by atoms with E-state index in [0.717, 1.165) is 10.8 Å². The number of fused-ring (bicyclic) bond motifs is 2. The molecule has 1 atom stereocenters. The zero-order chi connectivity index (χ0) is 31.0. The number of aromatic hydroxyl groups is 1. The number of thiazole rings is 1. The molecule has 44 heavy (non-hydrogen) atoms. The molecular weight excluding hydrogens is 644 g/mol. The third-order valence-corrected chi connectivity index (χ3v) is 9.05. The lowest BCUT2D eigenvalue weighted by Gasteiger charge is -2.28. The Bertz CT molecular complexity index is 2140. The average molecular weight is 672 g/mol. The molecule has 2 heterocycles. The van der Waals surface area contributed by atoms with Crippen LogP contribution in [-0.2, 0) is 9.53 Å². The number of ether oxygens (including phenoxy) is 3. The highest BCUT2D eigenvalue weighted by Gasteiger charge is 2.37. The van der Waals surface area contributed by atoms with Gasteiger partial charge in [0.1, 0.15) is 11.8 Å². The number of methoxy groups -OCH3 is 2. The summed E-state index contributed by atoms with van der Waals surface area (Å²) in [5.41, 5.74) is 2.29. The summed E-state index contributed by atoms with van der Waals surface area (Å²) < 4.78 is 19.3. The van der Waals surface area contributed by atoms with Gasteiger partial charge in [-0.05, 0) is 47.5 Å². The highest BCUT2D eigenvalue weighted by atomic mass is 79.9. The average Bonchev–Trinajstić information content (AvgIpc) is 3.35. The quantitative estimate of drug-likeness (QED) is 0.227. The second-order valence-corrected chi connectivity index (χ2v) is 11.7. The minimum Gasteiger partial charge on any atom is -0.504 e. The topological polar surface area (TPSA) is 99.4 Å². The number of nitrogens with zero attached hydrogens (tertiary/aromatic N) is 2. The van der Waals surface area contributed by atoms with Crippen molar-refractivity contribution in [3.8, 4) is 17.2 Å². The Balaban J connectivity index is 1.74. The van der Waals surface area contributed by atoms with Crippen molar-refractivity contribution < 1.29 is 24.1 Å². The van der Waals surface area contributed by atoms with Gasteiger partial charge in [0.2, 0.25) is 0 Å². The number of carbonyl (C=O) groups is 1. The van der Waals surface area contributed by atoms with Crippen LogP contribution in [0.5, 0.6) is 17.2 Å². The minimum atomic E-state index is -0.915. The van der Waals surface area contributed by atoms with Gasteiger partial charge in [-0.3, -0.25) is 9.36 Å². The van der Waals surface area contributed by atoms with E-state index in [0.29, 0.717) is 41.9 Å². The fraction of sp³-hybridized carbons (Fsp3) is 0.147. The normalized spacial score (nSPS) is 14.7. The van der Waals surface area contributed by atoms with E-state index in [2.05, 4.69) is 15.9 Å². The maximum absolute atomic E-state index is 14.4. The van der Waals surface area contributed by atoms with Gasteiger partial charge in [0, 0.05) is 15.6 Å². The van der Waals surface area contributed by atoms with Crippen LogP contribution in [0.25, 0.3) is 22.5 Å². The third kappa shape index (κ3) is 5.10. The van der Waals surface area contributed by atoms with Gasteiger partial charge in [0.25, 0.3) is 5.56 Å². The van der Waals surface area contributed by atoms with Crippen LogP contribution in [0.2, 0.25) is 0 Å². The molecule has 0 bridgehead atoms. The molecule has 0 saturated carbocycles. The SMILES string of the molecule is CCOC(=O)C1=C(c2ccccc2)N=c2sc(=Cc3cc(OC)c(O)cc3Br)c(=O)n2C1c1c(OC)ccc2ccccc12. The zero-order valence-corrected chi connectivity index (χ0v) is 26.4. The highest BCUT2D eigenvalue weighted by Crippen LogP contribution is 2.42. The van der Waals surface area contributed by atoms with Gasteiger partial charge in [-0.25, -0.2) is 9.79 Å². The van der Waals surface area contributed by atoms with Crippen molar-refractivity contribution >= 4 is 55.8 Å². The van der Waals surface area contributed by atoms with Crippen LogP contribution in [0.4, 0.5) is 0 Å². The van der Waals surface area contributed by atoms with E-state index in [1.165, 1.54) is 24.5 Å². The smallest absolute Gasteiger partial charge is 0.338 e. The summed E-state index contributed by atoms with van der Waals surface area (Å²) in [7, 11) is 3.03. The van der Waals surface area contributed by atoms with Crippen LogP contribution in [0.15, 0.2) is 98.7 Å². The number of halogens is 1. The second kappa shape index (κ2) is 12.1. The standard InChI is InChI=1S/C34H27BrN2O6S/c1-4-43-33(40)29-30(20-11-6-5-7-12-20)36-34-37(31(29)28-22-13-9-8-10-19(22)14-15-25(28)41-2)32(39)27(44-34)17-21-16-26(42-3)24(38)18-23(21)35/h5-18,31,38H,4H2,1-3H3. The van der Waals surface area contributed by atoms with Crippen LogP contribution in [-0.4, -0.2) is 36.5 Å². The summed E-state index contributed by atoms with van der Waals surface area (Å²) in [4.78, 5) is 33.7. The van der Waals surface area contributed by atoms with Gasteiger partial charge in [-0.2, -0.15) is 0 Å². The van der Waals surface area contributed by atoms with Crippen molar-refractivity contribution in [2.45, 2.75) is 13.0 Å². The van der Waals surface area contributed by atoms with E-state index in [1.54, 1.807) is 30.7 Å². The molecule has 0 amide bonds. The monoisotopic (exact) mass is 670 g/mol. The van der Waals surface area contributed by atoms with Crippen LogP contribution in [0.1, 0.15) is 29.7 Å². The molecule has 0 spiro atoms. The number of aromatic nitrogens is 1. The summed E-state index contributed by atoms with van der Waals surface area (Å²) in [5, 5.41) is 12.0. The van der Waals surface area contributed by atoms with Gasteiger partial charge >= 0.3 is 5.97 Å². The predicted molar refractivity (Wildman–Crippen MR) is 174 cm³/mol.